The highest BCUT2D eigenvalue weighted by Crippen LogP contribution is 2.43. The fraction of sp³-hybridized carbons (Fsp3) is 0.727. The van der Waals surface area contributed by atoms with E-state index in [0.29, 0.717) is 11.7 Å². The van der Waals surface area contributed by atoms with Crippen molar-refractivity contribution in [1.82, 2.24) is 5.32 Å². The number of amidine groups is 1. The Bertz CT molecular complexity index is 425. The third-order valence-electron chi connectivity index (χ3n) is 3.68. The molecule has 0 aromatic heterocycles. The lowest BCUT2D eigenvalue weighted by atomic mass is 9.79. The van der Waals surface area contributed by atoms with E-state index in [1.165, 1.54) is 11.8 Å². The van der Waals surface area contributed by atoms with Crippen LogP contribution in [0.1, 0.15) is 12.8 Å². The van der Waals surface area contributed by atoms with Gasteiger partial charge < -0.3 is 15.2 Å². The molecular weight excluding hydrogens is 256 g/mol. The van der Waals surface area contributed by atoms with E-state index in [2.05, 4.69) is 10.3 Å². The molecule has 0 saturated carbocycles. The summed E-state index contributed by atoms with van der Waals surface area (Å²) in [5.74, 6) is -1.63. The summed E-state index contributed by atoms with van der Waals surface area (Å²) in [6.07, 6.45) is 0.956. The number of hydrogen-bond acceptors (Lipinski definition) is 5. The van der Waals surface area contributed by atoms with Gasteiger partial charge in [0.1, 0.15) is 0 Å². The van der Waals surface area contributed by atoms with E-state index in [1.807, 2.05) is 0 Å². The summed E-state index contributed by atoms with van der Waals surface area (Å²) in [5, 5.41) is 12.5. The molecule has 6 nitrogen and oxygen atoms in total. The van der Waals surface area contributed by atoms with Gasteiger partial charge in [-0.3, -0.25) is 14.6 Å². The molecule has 0 spiro atoms. The summed E-state index contributed by atoms with van der Waals surface area (Å²) in [7, 11) is 0. The Morgan fingerprint density at radius 3 is 2.67 bits per heavy atom. The lowest BCUT2D eigenvalue weighted by Crippen LogP contribution is -2.44. The largest absolute Gasteiger partial charge is 0.481 e. The second-order valence-electron chi connectivity index (χ2n) is 4.70. The van der Waals surface area contributed by atoms with Gasteiger partial charge in [-0.05, 0) is 12.8 Å². The number of ether oxygens (including phenoxy) is 1. The molecule has 0 unspecified atom stereocenters. The van der Waals surface area contributed by atoms with Crippen molar-refractivity contribution in [1.29, 1.82) is 0 Å². The van der Waals surface area contributed by atoms with Crippen molar-refractivity contribution < 1.29 is 19.4 Å². The molecule has 3 heterocycles. The normalized spacial score (nSPS) is 37.7. The van der Waals surface area contributed by atoms with Crippen LogP contribution in [0.5, 0.6) is 0 Å². The summed E-state index contributed by atoms with van der Waals surface area (Å²) >= 11 is 1.49. The van der Waals surface area contributed by atoms with Crippen molar-refractivity contribution in [2.45, 2.75) is 25.0 Å². The average molecular weight is 270 g/mol. The number of carboxylic acid groups (broad SMARTS) is 1. The van der Waals surface area contributed by atoms with Crippen LogP contribution in [0, 0.1) is 11.8 Å². The third-order valence-corrected chi connectivity index (χ3v) is 4.57. The van der Waals surface area contributed by atoms with Crippen LogP contribution >= 0.6 is 11.8 Å². The highest BCUT2D eigenvalue weighted by molar-refractivity contribution is 8.14. The van der Waals surface area contributed by atoms with Crippen molar-refractivity contribution in [2.24, 2.45) is 16.8 Å². The number of carbonyl (C=O) groups is 2. The minimum atomic E-state index is -0.941. The maximum atomic E-state index is 12.2. The van der Waals surface area contributed by atoms with Gasteiger partial charge in [-0.15, -0.1) is 0 Å². The van der Waals surface area contributed by atoms with Crippen LogP contribution < -0.4 is 5.32 Å². The van der Waals surface area contributed by atoms with Crippen LogP contribution in [0.4, 0.5) is 0 Å². The molecule has 0 aliphatic carbocycles. The van der Waals surface area contributed by atoms with Gasteiger partial charge in [-0.2, -0.15) is 0 Å². The number of rotatable bonds is 2. The number of carboxylic acids is 1. The SMILES string of the molecule is O=C(O)[C@@H]1[C@@H](C(=O)NC2=NCCS2)[C@H]2CC[C@H]1O2. The Morgan fingerprint density at radius 1 is 1.33 bits per heavy atom. The van der Waals surface area contributed by atoms with Crippen molar-refractivity contribution >= 4 is 28.8 Å². The monoisotopic (exact) mass is 270 g/mol. The maximum absolute atomic E-state index is 12.2. The van der Waals surface area contributed by atoms with E-state index in [4.69, 9.17) is 4.74 Å². The number of hydrogen-bond donors (Lipinski definition) is 2. The van der Waals surface area contributed by atoms with Gasteiger partial charge in [-0.1, -0.05) is 11.8 Å². The van der Waals surface area contributed by atoms with E-state index in [-0.39, 0.29) is 18.1 Å². The molecule has 3 aliphatic rings. The summed E-state index contributed by atoms with van der Waals surface area (Å²) in [5.41, 5.74) is 0. The van der Waals surface area contributed by atoms with Crippen LogP contribution in [0.25, 0.3) is 0 Å². The standard InChI is InChI=1S/C11H14N2O4S/c14-9(13-11-12-3-4-18-11)7-5-1-2-6(17-5)8(7)10(15)16/h5-8H,1-4H2,(H,15,16)(H,12,13,14)/t5-,6-,7+,8+/m1/s1. The molecule has 7 heteroatoms. The number of nitrogens with one attached hydrogen (secondary N) is 1. The molecule has 2 saturated heterocycles. The third kappa shape index (κ3) is 1.91. The molecule has 2 fully saturated rings. The van der Waals surface area contributed by atoms with Crippen molar-refractivity contribution in [3.05, 3.63) is 0 Å². The first-order valence-electron chi connectivity index (χ1n) is 6.03. The first-order valence-corrected chi connectivity index (χ1v) is 7.02. The molecular formula is C11H14N2O4S. The van der Waals surface area contributed by atoms with E-state index in [0.717, 1.165) is 18.6 Å². The smallest absolute Gasteiger partial charge is 0.310 e. The second kappa shape index (κ2) is 4.55. The molecule has 98 valence electrons. The van der Waals surface area contributed by atoms with E-state index < -0.39 is 17.8 Å². The molecule has 3 aliphatic heterocycles. The number of amides is 1. The molecule has 4 atom stereocenters. The van der Waals surface area contributed by atoms with E-state index >= 15 is 0 Å². The minimum Gasteiger partial charge on any atom is -0.481 e. The van der Waals surface area contributed by atoms with Crippen LogP contribution in [-0.4, -0.2) is 46.7 Å². The average Bonchev–Trinajstić information content (AvgIpc) is 3.03. The lowest BCUT2D eigenvalue weighted by molar-refractivity contribution is -0.147. The zero-order chi connectivity index (χ0) is 12.7. The number of thioether (sulfide) groups is 1. The molecule has 0 aromatic rings. The van der Waals surface area contributed by atoms with E-state index in [9.17, 15) is 14.7 Å². The first-order chi connectivity index (χ1) is 8.66. The van der Waals surface area contributed by atoms with Crippen LogP contribution in [-0.2, 0) is 14.3 Å². The molecule has 0 radical (unpaired) electrons. The van der Waals surface area contributed by atoms with Gasteiger partial charge in [0.15, 0.2) is 5.17 Å². The summed E-state index contributed by atoms with van der Waals surface area (Å²) in [4.78, 5) is 27.5. The highest BCUT2D eigenvalue weighted by Gasteiger charge is 2.55. The molecule has 0 aromatic carbocycles. The zero-order valence-corrected chi connectivity index (χ0v) is 10.5. The predicted octanol–water partition coefficient (Wildman–Crippen LogP) is 0.0836. The Morgan fingerprint density at radius 2 is 2.06 bits per heavy atom. The van der Waals surface area contributed by atoms with Crippen LogP contribution in [0.2, 0.25) is 0 Å². The Kier molecular flexibility index (Phi) is 3.03. The Hall–Kier alpha value is -1.08. The van der Waals surface area contributed by atoms with Crippen molar-refractivity contribution in [2.75, 3.05) is 12.3 Å². The number of aliphatic imine (C=N–C) groups is 1. The fourth-order valence-corrected chi connectivity index (χ4v) is 3.66. The quantitative estimate of drug-likeness (QED) is 0.742. The van der Waals surface area contributed by atoms with Crippen molar-refractivity contribution in [3.63, 3.8) is 0 Å². The zero-order valence-electron chi connectivity index (χ0n) is 9.67. The van der Waals surface area contributed by atoms with Gasteiger partial charge in [0.2, 0.25) is 5.91 Å². The van der Waals surface area contributed by atoms with Crippen LogP contribution in [0.3, 0.4) is 0 Å². The van der Waals surface area contributed by atoms with Gasteiger partial charge >= 0.3 is 5.97 Å². The maximum Gasteiger partial charge on any atom is 0.310 e. The number of aliphatic carboxylic acids is 1. The van der Waals surface area contributed by atoms with Crippen LogP contribution in [0.15, 0.2) is 4.99 Å². The van der Waals surface area contributed by atoms with Crippen molar-refractivity contribution in [3.8, 4) is 0 Å². The summed E-state index contributed by atoms with van der Waals surface area (Å²) < 4.78 is 5.56. The van der Waals surface area contributed by atoms with Gasteiger partial charge in [-0.25, -0.2) is 0 Å². The highest BCUT2D eigenvalue weighted by atomic mass is 32.2. The van der Waals surface area contributed by atoms with Gasteiger partial charge in [0, 0.05) is 5.75 Å². The lowest BCUT2D eigenvalue weighted by Gasteiger charge is -2.23. The topological polar surface area (TPSA) is 88.0 Å². The Labute approximate surface area is 108 Å². The Balaban J connectivity index is 1.73. The molecule has 1 amide bonds. The predicted molar refractivity (Wildman–Crippen MR) is 65.4 cm³/mol. The summed E-state index contributed by atoms with van der Waals surface area (Å²) in [6.45, 7) is 0.704. The fourth-order valence-electron chi connectivity index (χ4n) is 2.92. The number of carbonyl (C=O) groups excluding carboxylic acids is 1. The molecule has 2 N–H and O–H groups in total. The van der Waals surface area contributed by atoms with Gasteiger partial charge in [0.25, 0.3) is 0 Å². The number of fused-ring (bicyclic) bond motifs is 2. The van der Waals surface area contributed by atoms with E-state index in [1.54, 1.807) is 0 Å². The van der Waals surface area contributed by atoms with Gasteiger partial charge in [0.05, 0.1) is 30.6 Å². The molecule has 2 bridgehead atoms. The summed E-state index contributed by atoms with van der Waals surface area (Å²) in [6, 6.07) is 0. The molecule has 18 heavy (non-hydrogen) atoms. The minimum absolute atomic E-state index is 0.247. The number of nitrogens with zero attached hydrogens (tertiary/aromatic N) is 1. The molecule has 3 rings (SSSR count). The second-order valence-corrected chi connectivity index (χ2v) is 5.79. The first kappa shape index (κ1) is 12.0.